The first-order valence-electron chi connectivity index (χ1n) is 7.19. The molecule has 0 radical (unpaired) electrons. The number of ether oxygens (including phenoxy) is 1. The molecule has 5 heteroatoms. The van der Waals surface area contributed by atoms with Gasteiger partial charge in [0.1, 0.15) is 11.5 Å². The predicted octanol–water partition coefficient (Wildman–Crippen LogP) is 2.69. The summed E-state index contributed by atoms with van der Waals surface area (Å²) >= 11 is 0. The summed E-state index contributed by atoms with van der Waals surface area (Å²) in [7, 11) is 1.31. The molecule has 0 heterocycles. The molecule has 0 spiro atoms. The molecule has 0 aliphatic heterocycles. The van der Waals surface area contributed by atoms with Crippen molar-refractivity contribution in [1.82, 2.24) is 0 Å². The summed E-state index contributed by atoms with van der Waals surface area (Å²) in [5.41, 5.74) is 0.949. The average Bonchev–Trinajstić information content (AvgIpc) is 2.58. The number of carbonyl (C=O) groups excluding carboxylic acids is 2. The second kappa shape index (κ2) is 6.04. The minimum atomic E-state index is -0.457. The molecule has 5 nitrogen and oxygen atoms in total. The number of hydrogen-bond donors (Lipinski definition) is 2. The van der Waals surface area contributed by atoms with E-state index in [-0.39, 0.29) is 34.0 Å². The molecule has 0 saturated carbocycles. The second-order valence-electron chi connectivity index (χ2n) is 5.22. The zero-order valence-corrected chi connectivity index (χ0v) is 12.8. The van der Waals surface area contributed by atoms with E-state index in [2.05, 4.69) is 0 Å². The lowest BCUT2D eigenvalue weighted by Gasteiger charge is -2.19. The molecule has 0 amide bonds. The molecular formula is C19H14O5. The fourth-order valence-electron chi connectivity index (χ4n) is 2.61. The first kappa shape index (κ1) is 15.6. The molecule has 0 fully saturated rings. The summed E-state index contributed by atoms with van der Waals surface area (Å²) in [5, 5.41) is 19.4. The number of aromatic hydroxyl groups is 2. The third-order valence-corrected chi connectivity index (χ3v) is 3.76. The summed E-state index contributed by atoms with van der Waals surface area (Å²) in [6, 6.07) is 12.2. The predicted molar refractivity (Wildman–Crippen MR) is 88.1 cm³/mol. The average molecular weight is 322 g/mol. The number of carbonyl (C=O) groups is 2. The molecule has 0 bridgehead atoms. The SMILES string of the molecule is COC1=C(c2ccccc2O)C(=O)C=C(c2ccc(O)cc2)C1=O. The number of ketones is 2. The van der Waals surface area contributed by atoms with Gasteiger partial charge in [0.25, 0.3) is 0 Å². The fraction of sp³-hybridized carbons (Fsp3) is 0.0526. The molecule has 3 rings (SSSR count). The number of hydrogen-bond acceptors (Lipinski definition) is 5. The highest BCUT2D eigenvalue weighted by Gasteiger charge is 2.32. The maximum Gasteiger partial charge on any atom is 0.229 e. The summed E-state index contributed by atoms with van der Waals surface area (Å²) < 4.78 is 5.18. The monoisotopic (exact) mass is 322 g/mol. The molecule has 1 aliphatic rings. The molecule has 0 unspecified atom stereocenters. The quantitative estimate of drug-likeness (QED) is 0.849. The van der Waals surface area contributed by atoms with Gasteiger partial charge in [-0.15, -0.1) is 0 Å². The van der Waals surface area contributed by atoms with Crippen LogP contribution in [0.25, 0.3) is 11.1 Å². The van der Waals surface area contributed by atoms with Gasteiger partial charge in [0.05, 0.1) is 12.7 Å². The van der Waals surface area contributed by atoms with Crippen LogP contribution in [0.1, 0.15) is 11.1 Å². The van der Waals surface area contributed by atoms with E-state index in [4.69, 9.17) is 4.74 Å². The Balaban J connectivity index is 2.13. The number of Topliss-reactive ketones (excluding diaryl/α,β-unsaturated/α-hetero) is 1. The van der Waals surface area contributed by atoms with Gasteiger partial charge in [-0.3, -0.25) is 9.59 Å². The number of phenols is 2. The summed E-state index contributed by atoms with van der Waals surface area (Å²) in [6.45, 7) is 0. The van der Waals surface area contributed by atoms with E-state index in [0.717, 1.165) is 0 Å². The van der Waals surface area contributed by atoms with Crippen LogP contribution in [0.2, 0.25) is 0 Å². The van der Waals surface area contributed by atoms with E-state index < -0.39 is 11.6 Å². The minimum absolute atomic E-state index is 0.0307. The van der Waals surface area contributed by atoms with Crippen LogP contribution in [0, 0.1) is 0 Å². The number of methoxy groups -OCH3 is 1. The van der Waals surface area contributed by atoms with Gasteiger partial charge in [-0.2, -0.15) is 0 Å². The van der Waals surface area contributed by atoms with Crippen LogP contribution < -0.4 is 0 Å². The molecule has 2 aromatic carbocycles. The van der Waals surface area contributed by atoms with E-state index in [1.165, 1.54) is 31.4 Å². The highest BCUT2D eigenvalue weighted by atomic mass is 16.5. The highest BCUT2D eigenvalue weighted by Crippen LogP contribution is 2.35. The second-order valence-corrected chi connectivity index (χ2v) is 5.22. The maximum atomic E-state index is 12.7. The number of allylic oxidation sites excluding steroid dienone is 3. The van der Waals surface area contributed by atoms with Gasteiger partial charge in [-0.05, 0) is 29.8 Å². The first-order chi connectivity index (χ1) is 11.5. The molecule has 0 saturated heterocycles. The third kappa shape index (κ3) is 2.56. The highest BCUT2D eigenvalue weighted by molar-refractivity contribution is 6.45. The fourth-order valence-corrected chi connectivity index (χ4v) is 2.61. The lowest BCUT2D eigenvalue weighted by atomic mass is 9.87. The van der Waals surface area contributed by atoms with Gasteiger partial charge in [0.15, 0.2) is 11.5 Å². The summed E-state index contributed by atoms with van der Waals surface area (Å²) in [4.78, 5) is 25.3. The number of para-hydroxylation sites is 1. The van der Waals surface area contributed by atoms with E-state index >= 15 is 0 Å². The summed E-state index contributed by atoms with van der Waals surface area (Å²) in [6.07, 6.45) is 1.22. The number of rotatable bonds is 3. The van der Waals surface area contributed by atoms with Crippen molar-refractivity contribution in [2.24, 2.45) is 0 Å². The summed E-state index contributed by atoms with van der Waals surface area (Å²) in [5.74, 6) is -1.06. The molecule has 2 aromatic rings. The molecule has 0 atom stereocenters. The zero-order valence-electron chi connectivity index (χ0n) is 12.8. The molecule has 2 N–H and O–H groups in total. The van der Waals surface area contributed by atoms with Crippen molar-refractivity contribution >= 4 is 22.7 Å². The van der Waals surface area contributed by atoms with Gasteiger partial charge in [-0.1, -0.05) is 30.3 Å². The van der Waals surface area contributed by atoms with Crippen LogP contribution >= 0.6 is 0 Å². The Hall–Kier alpha value is -3.34. The van der Waals surface area contributed by atoms with Crippen molar-refractivity contribution in [2.45, 2.75) is 0 Å². The Morgan fingerprint density at radius 1 is 0.917 bits per heavy atom. The Morgan fingerprint density at radius 3 is 2.21 bits per heavy atom. The Kier molecular flexibility index (Phi) is 3.92. The van der Waals surface area contributed by atoms with Crippen LogP contribution in [0.15, 0.2) is 60.4 Å². The molecule has 120 valence electrons. The largest absolute Gasteiger partial charge is 0.508 e. The van der Waals surface area contributed by atoms with Gasteiger partial charge < -0.3 is 14.9 Å². The van der Waals surface area contributed by atoms with E-state index in [0.29, 0.717) is 5.56 Å². The zero-order chi connectivity index (χ0) is 17.3. The Bertz CT molecular complexity index is 888. The van der Waals surface area contributed by atoms with E-state index in [9.17, 15) is 19.8 Å². The Morgan fingerprint density at radius 2 is 1.58 bits per heavy atom. The van der Waals surface area contributed by atoms with Crippen LogP contribution in [-0.4, -0.2) is 28.9 Å². The lowest BCUT2D eigenvalue weighted by molar-refractivity contribution is -0.115. The minimum Gasteiger partial charge on any atom is -0.508 e. The van der Waals surface area contributed by atoms with Crippen molar-refractivity contribution < 1.29 is 24.5 Å². The molecular weight excluding hydrogens is 308 g/mol. The Labute approximate surface area is 138 Å². The van der Waals surface area contributed by atoms with Gasteiger partial charge >= 0.3 is 0 Å². The van der Waals surface area contributed by atoms with Crippen molar-refractivity contribution in [3.63, 3.8) is 0 Å². The van der Waals surface area contributed by atoms with Gasteiger partial charge in [-0.25, -0.2) is 0 Å². The smallest absolute Gasteiger partial charge is 0.229 e. The maximum absolute atomic E-state index is 12.7. The molecule has 0 aromatic heterocycles. The topological polar surface area (TPSA) is 83.8 Å². The van der Waals surface area contributed by atoms with Crippen molar-refractivity contribution in [3.05, 3.63) is 71.5 Å². The molecule has 1 aliphatic carbocycles. The van der Waals surface area contributed by atoms with E-state index in [1.54, 1.807) is 30.3 Å². The van der Waals surface area contributed by atoms with Crippen LogP contribution in [0.4, 0.5) is 0 Å². The van der Waals surface area contributed by atoms with Crippen molar-refractivity contribution in [3.8, 4) is 11.5 Å². The van der Waals surface area contributed by atoms with Crippen molar-refractivity contribution in [2.75, 3.05) is 7.11 Å². The third-order valence-electron chi connectivity index (χ3n) is 3.76. The van der Waals surface area contributed by atoms with Crippen LogP contribution in [0.5, 0.6) is 11.5 Å². The van der Waals surface area contributed by atoms with Crippen molar-refractivity contribution in [1.29, 1.82) is 0 Å². The van der Waals surface area contributed by atoms with Gasteiger partial charge in [0.2, 0.25) is 5.78 Å². The van der Waals surface area contributed by atoms with Crippen LogP contribution in [0.3, 0.4) is 0 Å². The number of phenolic OH excluding ortho intramolecular Hbond substituents is 2. The normalized spacial score (nSPS) is 14.6. The number of benzene rings is 2. The standard InChI is InChI=1S/C19H14O5/c1-24-19-17(13-4-2-3-5-15(13)21)16(22)10-14(18(19)23)11-6-8-12(20)9-7-11/h2-10,20-21H,1H3. The molecule has 24 heavy (non-hydrogen) atoms. The van der Waals surface area contributed by atoms with Crippen LogP contribution in [-0.2, 0) is 14.3 Å². The van der Waals surface area contributed by atoms with Gasteiger partial charge in [0, 0.05) is 11.1 Å². The van der Waals surface area contributed by atoms with E-state index in [1.807, 2.05) is 0 Å². The first-order valence-corrected chi connectivity index (χ1v) is 7.19. The lowest BCUT2D eigenvalue weighted by Crippen LogP contribution is -2.19.